The summed E-state index contributed by atoms with van der Waals surface area (Å²) in [7, 11) is 0. The second-order valence-electron chi connectivity index (χ2n) is 10.6. The first-order valence-corrected chi connectivity index (χ1v) is 12.0. The lowest BCUT2D eigenvalue weighted by Crippen LogP contribution is -2.59. The van der Waals surface area contributed by atoms with Crippen LogP contribution in [0.2, 0.25) is 0 Å². The molecule has 4 bridgehead atoms. The highest BCUT2D eigenvalue weighted by Gasteiger charge is 2.61. The zero-order valence-electron chi connectivity index (χ0n) is 17.7. The smallest absolute Gasteiger partial charge is 0.140 e. The highest BCUT2D eigenvalue weighted by atomic mass is 16.5. The number of hydrogen-bond donors (Lipinski definition) is 0. The zero-order valence-corrected chi connectivity index (χ0v) is 17.7. The van der Waals surface area contributed by atoms with E-state index in [1.165, 1.54) is 70.3 Å². The molecule has 1 nitrogen and oxygen atoms in total. The van der Waals surface area contributed by atoms with Crippen LogP contribution in [0.25, 0.3) is 32.7 Å². The van der Waals surface area contributed by atoms with Crippen molar-refractivity contribution < 1.29 is 4.74 Å². The van der Waals surface area contributed by atoms with Gasteiger partial charge in [0.1, 0.15) is 11.4 Å². The van der Waals surface area contributed by atoms with Crippen LogP contribution < -0.4 is 4.74 Å². The van der Waals surface area contributed by atoms with E-state index in [9.17, 15) is 0 Å². The van der Waals surface area contributed by atoms with Gasteiger partial charge in [0.15, 0.2) is 0 Å². The molecule has 31 heavy (non-hydrogen) atoms. The van der Waals surface area contributed by atoms with Crippen LogP contribution in [0.15, 0.2) is 72.8 Å². The van der Waals surface area contributed by atoms with Gasteiger partial charge in [-0.15, -0.1) is 0 Å². The summed E-state index contributed by atoms with van der Waals surface area (Å²) in [6.45, 7) is 0. The highest BCUT2D eigenvalue weighted by Crippen LogP contribution is 2.66. The Morgan fingerprint density at radius 1 is 0.581 bits per heavy atom. The first-order valence-electron chi connectivity index (χ1n) is 12.0. The maximum Gasteiger partial charge on any atom is 0.140 e. The molecule has 4 aromatic rings. The molecular formula is C30H26O. The van der Waals surface area contributed by atoms with Crippen molar-refractivity contribution in [3.8, 4) is 16.9 Å². The number of ether oxygens (including phenoxy) is 1. The SMILES string of the molecule is c1ccc2c3c(ccc2c1)OC1(c2ccc4ccccc4c2-3)C2CC3CC(C2)CC1C3. The molecule has 1 aliphatic heterocycles. The lowest BCUT2D eigenvalue weighted by Gasteiger charge is -2.62. The van der Waals surface area contributed by atoms with E-state index in [0.717, 1.165) is 17.6 Å². The van der Waals surface area contributed by atoms with E-state index >= 15 is 0 Å². The Morgan fingerprint density at radius 2 is 1.16 bits per heavy atom. The molecule has 0 radical (unpaired) electrons. The predicted molar refractivity (Wildman–Crippen MR) is 126 cm³/mol. The van der Waals surface area contributed by atoms with Gasteiger partial charge in [-0.3, -0.25) is 0 Å². The maximum atomic E-state index is 7.28. The van der Waals surface area contributed by atoms with Gasteiger partial charge in [-0.1, -0.05) is 66.7 Å². The van der Waals surface area contributed by atoms with Gasteiger partial charge in [-0.25, -0.2) is 0 Å². The van der Waals surface area contributed by atoms with Crippen LogP contribution in [-0.2, 0) is 5.60 Å². The Bertz CT molecular complexity index is 1350. The molecule has 1 heterocycles. The predicted octanol–water partition coefficient (Wildman–Crippen LogP) is 7.70. The van der Waals surface area contributed by atoms with Crippen molar-refractivity contribution in [3.63, 3.8) is 0 Å². The van der Waals surface area contributed by atoms with E-state index < -0.39 is 0 Å². The fourth-order valence-electron chi connectivity index (χ4n) is 8.19. The minimum Gasteiger partial charge on any atom is -0.481 e. The number of fused-ring (bicyclic) bond motifs is 7. The van der Waals surface area contributed by atoms with E-state index in [-0.39, 0.29) is 5.60 Å². The van der Waals surface area contributed by atoms with E-state index in [0.29, 0.717) is 11.8 Å². The molecule has 0 saturated heterocycles. The quantitative estimate of drug-likeness (QED) is 0.293. The molecule has 4 fully saturated rings. The molecule has 5 aliphatic rings. The molecule has 0 N–H and O–H groups in total. The summed E-state index contributed by atoms with van der Waals surface area (Å²) in [4.78, 5) is 0. The van der Waals surface area contributed by atoms with Crippen molar-refractivity contribution in [2.45, 2.75) is 37.7 Å². The summed E-state index contributed by atoms with van der Waals surface area (Å²) in [5.41, 5.74) is 4.10. The molecule has 152 valence electrons. The van der Waals surface area contributed by atoms with Crippen LogP contribution in [-0.4, -0.2) is 0 Å². The lowest BCUT2D eigenvalue weighted by molar-refractivity contribution is -0.163. The van der Waals surface area contributed by atoms with E-state index in [1.54, 1.807) is 0 Å². The van der Waals surface area contributed by atoms with E-state index in [1.807, 2.05) is 0 Å². The molecule has 9 rings (SSSR count). The van der Waals surface area contributed by atoms with Gasteiger partial charge >= 0.3 is 0 Å². The molecule has 4 aliphatic carbocycles. The van der Waals surface area contributed by atoms with Gasteiger partial charge < -0.3 is 4.74 Å². The fraction of sp³-hybridized carbons (Fsp3) is 0.333. The summed E-state index contributed by atoms with van der Waals surface area (Å²) in [5, 5.41) is 5.33. The van der Waals surface area contributed by atoms with Crippen LogP contribution in [0.3, 0.4) is 0 Å². The first kappa shape index (κ1) is 16.8. The molecule has 0 amide bonds. The summed E-state index contributed by atoms with van der Waals surface area (Å²) in [6, 6.07) is 27.1. The van der Waals surface area contributed by atoms with Gasteiger partial charge in [0.25, 0.3) is 0 Å². The van der Waals surface area contributed by atoms with Crippen molar-refractivity contribution in [2.75, 3.05) is 0 Å². The normalized spacial score (nSPS) is 32.3. The number of hydrogen-bond acceptors (Lipinski definition) is 1. The van der Waals surface area contributed by atoms with Gasteiger partial charge in [0, 0.05) is 28.5 Å². The standard InChI is InChI=1S/C30H26O/c1-3-7-24-20(5-1)9-11-26-28(24)29-25-8-4-2-6-21(25)10-12-27(29)31-30(26)22-14-18-13-19(16-22)17-23(30)15-18/h1-12,18-19,22-23H,13-17H2. The van der Waals surface area contributed by atoms with Crippen molar-refractivity contribution in [2.24, 2.45) is 23.7 Å². The molecule has 0 unspecified atom stereocenters. The average Bonchev–Trinajstić information content (AvgIpc) is 2.81. The fourth-order valence-corrected chi connectivity index (χ4v) is 8.19. The second kappa shape index (κ2) is 5.71. The van der Waals surface area contributed by atoms with Crippen molar-refractivity contribution in [1.29, 1.82) is 0 Å². The molecular weight excluding hydrogens is 376 g/mol. The molecule has 4 aromatic carbocycles. The summed E-state index contributed by atoms with van der Waals surface area (Å²) < 4.78 is 7.28. The topological polar surface area (TPSA) is 9.23 Å². The van der Waals surface area contributed by atoms with Crippen molar-refractivity contribution in [3.05, 3.63) is 78.4 Å². The highest BCUT2D eigenvalue weighted by molar-refractivity contribution is 6.09. The Labute approximate surface area is 183 Å². The molecule has 4 saturated carbocycles. The molecule has 0 atom stereocenters. The van der Waals surface area contributed by atoms with Crippen molar-refractivity contribution in [1.82, 2.24) is 0 Å². The van der Waals surface area contributed by atoms with Gasteiger partial charge in [-0.2, -0.15) is 0 Å². The number of benzene rings is 4. The Hall–Kier alpha value is -2.80. The summed E-state index contributed by atoms with van der Waals surface area (Å²) in [5.74, 6) is 4.28. The minimum atomic E-state index is -0.137. The number of rotatable bonds is 0. The van der Waals surface area contributed by atoms with E-state index in [4.69, 9.17) is 4.74 Å². The van der Waals surface area contributed by atoms with Gasteiger partial charge in [0.05, 0.1) is 0 Å². The van der Waals surface area contributed by atoms with Crippen LogP contribution in [0.5, 0.6) is 5.75 Å². The van der Waals surface area contributed by atoms with Crippen LogP contribution in [0, 0.1) is 23.7 Å². The summed E-state index contributed by atoms with van der Waals surface area (Å²) in [6.07, 6.45) is 6.86. The van der Waals surface area contributed by atoms with Crippen LogP contribution in [0.1, 0.15) is 37.7 Å². The van der Waals surface area contributed by atoms with Crippen LogP contribution >= 0.6 is 0 Å². The molecule has 1 spiro atoms. The zero-order chi connectivity index (χ0) is 20.2. The Morgan fingerprint density at radius 3 is 1.84 bits per heavy atom. The third-order valence-corrected chi connectivity index (χ3v) is 9.12. The molecule has 0 aromatic heterocycles. The molecule has 1 heteroatoms. The largest absolute Gasteiger partial charge is 0.481 e. The Kier molecular flexibility index (Phi) is 3.10. The minimum absolute atomic E-state index is 0.137. The third-order valence-electron chi connectivity index (χ3n) is 9.12. The summed E-state index contributed by atoms with van der Waals surface area (Å²) >= 11 is 0. The maximum absolute atomic E-state index is 7.28. The third kappa shape index (κ3) is 2.03. The van der Waals surface area contributed by atoms with Crippen LogP contribution in [0.4, 0.5) is 0 Å². The Balaban J connectivity index is 1.51. The van der Waals surface area contributed by atoms with Gasteiger partial charge in [-0.05, 0) is 71.6 Å². The van der Waals surface area contributed by atoms with Gasteiger partial charge in [0.2, 0.25) is 0 Å². The second-order valence-corrected chi connectivity index (χ2v) is 10.6. The lowest BCUT2D eigenvalue weighted by atomic mass is 9.47. The van der Waals surface area contributed by atoms with E-state index in [2.05, 4.69) is 72.8 Å². The van der Waals surface area contributed by atoms with Crippen molar-refractivity contribution >= 4 is 21.5 Å². The first-order chi connectivity index (χ1) is 15.3. The average molecular weight is 403 g/mol. The monoisotopic (exact) mass is 402 g/mol.